The Hall–Kier alpha value is -1.36. The third-order valence-electron chi connectivity index (χ3n) is 1.70. The molecule has 0 radical (unpaired) electrons. The third kappa shape index (κ3) is 1.45. The van der Waals surface area contributed by atoms with Gasteiger partial charge in [0, 0.05) is 12.7 Å². The van der Waals surface area contributed by atoms with Crippen LogP contribution in [0.3, 0.4) is 0 Å². The number of aromatic nitrogens is 2. The smallest absolute Gasteiger partial charge is 0.285 e. The van der Waals surface area contributed by atoms with Gasteiger partial charge in [0.25, 0.3) is 5.91 Å². The lowest BCUT2D eigenvalue weighted by molar-refractivity contribution is 0.0948. The number of nitrogens with zero attached hydrogens (tertiary/aromatic N) is 2. The molecular formula is C7H12N4O. The maximum Gasteiger partial charge on any atom is 0.285 e. The van der Waals surface area contributed by atoms with Crippen molar-refractivity contribution in [1.29, 1.82) is 0 Å². The fourth-order valence-electron chi connectivity index (χ4n) is 1.02. The van der Waals surface area contributed by atoms with Gasteiger partial charge < -0.3 is 0 Å². The Kier molecular flexibility index (Phi) is 2.44. The number of amides is 1. The van der Waals surface area contributed by atoms with Crippen LogP contribution in [0.5, 0.6) is 0 Å². The summed E-state index contributed by atoms with van der Waals surface area (Å²) in [5.74, 6) is 4.60. The Morgan fingerprint density at radius 3 is 2.92 bits per heavy atom. The van der Waals surface area contributed by atoms with E-state index in [1.165, 1.54) is 0 Å². The number of rotatable bonds is 2. The minimum atomic E-state index is -0.356. The molecule has 0 aliphatic carbocycles. The molecule has 0 saturated carbocycles. The van der Waals surface area contributed by atoms with Gasteiger partial charge in [-0.15, -0.1) is 0 Å². The number of carbonyl (C=O) groups excluding carboxylic acids is 1. The molecule has 0 atom stereocenters. The van der Waals surface area contributed by atoms with Gasteiger partial charge in [0.2, 0.25) is 0 Å². The van der Waals surface area contributed by atoms with Crippen LogP contribution in [-0.4, -0.2) is 15.7 Å². The van der Waals surface area contributed by atoms with Crippen molar-refractivity contribution in [1.82, 2.24) is 15.2 Å². The van der Waals surface area contributed by atoms with Gasteiger partial charge in [-0.05, 0) is 12.5 Å². The molecule has 0 aromatic carbocycles. The Bertz CT molecular complexity index is 292. The maximum absolute atomic E-state index is 11.0. The van der Waals surface area contributed by atoms with Crippen LogP contribution in [0.15, 0.2) is 6.07 Å². The van der Waals surface area contributed by atoms with E-state index < -0.39 is 0 Å². The summed E-state index contributed by atoms with van der Waals surface area (Å²) >= 11 is 0. The highest BCUT2D eigenvalue weighted by molar-refractivity contribution is 5.91. The van der Waals surface area contributed by atoms with Crippen LogP contribution in [0, 0.1) is 0 Å². The van der Waals surface area contributed by atoms with Gasteiger partial charge in [0.15, 0.2) is 5.69 Å². The first kappa shape index (κ1) is 8.73. The van der Waals surface area contributed by atoms with Crippen molar-refractivity contribution in [2.24, 2.45) is 12.9 Å². The van der Waals surface area contributed by atoms with Crippen molar-refractivity contribution in [3.05, 3.63) is 17.5 Å². The lowest BCUT2D eigenvalue weighted by Gasteiger charge is -1.93. The number of hydrazine groups is 1. The predicted molar refractivity (Wildman–Crippen MR) is 44.2 cm³/mol. The minimum absolute atomic E-state index is 0.356. The number of nitrogens with two attached hydrogens (primary N) is 1. The summed E-state index contributed by atoms with van der Waals surface area (Å²) in [6.45, 7) is 2.00. The van der Waals surface area contributed by atoms with E-state index in [0.29, 0.717) is 5.69 Å². The van der Waals surface area contributed by atoms with Crippen LogP contribution in [0.4, 0.5) is 0 Å². The molecule has 5 nitrogen and oxygen atoms in total. The summed E-state index contributed by atoms with van der Waals surface area (Å²) in [4.78, 5) is 11.0. The first-order chi connectivity index (χ1) is 5.69. The van der Waals surface area contributed by atoms with Gasteiger partial charge >= 0.3 is 0 Å². The van der Waals surface area contributed by atoms with Gasteiger partial charge in [0.05, 0.1) is 0 Å². The third-order valence-corrected chi connectivity index (χ3v) is 1.70. The lowest BCUT2D eigenvalue weighted by Crippen LogP contribution is -2.30. The number of carbonyl (C=O) groups is 1. The second-order valence-corrected chi connectivity index (χ2v) is 2.47. The van der Waals surface area contributed by atoms with E-state index in [1.54, 1.807) is 17.8 Å². The molecule has 0 fully saturated rings. The van der Waals surface area contributed by atoms with E-state index in [0.717, 1.165) is 12.1 Å². The zero-order chi connectivity index (χ0) is 9.14. The molecule has 5 heteroatoms. The molecule has 0 unspecified atom stereocenters. The molecule has 0 aliphatic rings. The van der Waals surface area contributed by atoms with Crippen molar-refractivity contribution >= 4 is 5.91 Å². The molecule has 0 bridgehead atoms. The topological polar surface area (TPSA) is 72.9 Å². The van der Waals surface area contributed by atoms with Gasteiger partial charge in [-0.3, -0.25) is 14.9 Å². The number of hydrogen-bond acceptors (Lipinski definition) is 3. The molecule has 1 aromatic rings. The zero-order valence-electron chi connectivity index (χ0n) is 7.16. The number of nitrogens with one attached hydrogen (secondary N) is 1. The molecule has 0 spiro atoms. The molecule has 0 aliphatic heterocycles. The molecule has 12 heavy (non-hydrogen) atoms. The number of hydrogen-bond donors (Lipinski definition) is 2. The second kappa shape index (κ2) is 3.36. The standard InChI is InChI=1S/C7H12N4O/c1-3-5-4-6(7(12)9-8)10-11(5)2/h4H,3,8H2,1-2H3,(H,9,12). The first-order valence-corrected chi connectivity index (χ1v) is 3.73. The first-order valence-electron chi connectivity index (χ1n) is 3.73. The summed E-state index contributed by atoms with van der Waals surface area (Å²) < 4.78 is 1.67. The number of nitrogen functional groups attached to an aromatic ring is 1. The summed E-state index contributed by atoms with van der Waals surface area (Å²) in [5.41, 5.74) is 3.40. The Morgan fingerprint density at radius 2 is 2.50 bits per heavy atom. The SMILES string of the molecule is CCc1cc(C(=O)NN)nn1C. The average Bonchev–Trinajstić information content (AvgIpc) is 2.45. The normalized spacial score (nSPS) is 9.92. The van der Waals surface area contributed by atoms with Gasteiger partial charge in [-0.1, -0.05) is 6.92 Å². The van der Waals surface area contributed by atoms with Gasteiger partial charge in [0.1, 0.15) is 0 Å². The largest absolute Gasteiger partial charge is 0.289 e. The van der Waals surface area contributed by atoms with E-state index in [1.807, 2.05) is 12.3 Å². The molecule has 66 valence electrons. The van der Waals surface area contributed by atoms with E-state index in [4.69, 9.17) is 5.84 Å². The van der Waals surface area contributed by atoms with Crippen LogP contribution < -0.4 is 11.3 Å². The number of aryl methyl sites for hydroxylation is 2. The fraction of sp³-hybridized carbons (Fsp3) is 0.429. The molecule has 1 rings (SSSR count). The van der Waals surface area contributed by atoms with Crippen molar-refractivity contribution < 1.29 is 4.79 Å². The highest BCUT2D eigenvalue weighted by Crippen LogP contribution is 2.02. The summed E-state index contributed by atoms with van der Waals surface area (Å²) in [5, 5.41) is 3.98. The second-order valence-electron chi connectivity index (χ2n) is 2.47. The minimum Gasteiger partial charge on any atom is -0.289 e. The van der Waals surface area contributed by atoms with Gasteiger partial charge in [-0.25, -0.2) is 5.84 Å². The molecular weight excluding hydrogens is 156 g/mol. The average molecular weight is 168 g/mol. The van der Waals surface area contributed by atoms with E-state index in [2.05, 4.69) is 5.10 Å². The van der Waals surface area contributed by atoms with E-state index in [-0.39, 0.29) is 5.91 Å². The quantitative estimate of drug-likeness (QED) is 0.358. The Labute approximate surface area is 70.5 Å². The molecule has 1 aromatic heterocycles. The molecule has 3 N–H and O–H groups in total. The van der Waals surface area contributed by atoms with Crippen LogP contribution in [0.2, 0.25) is 0 Å². The Balaban J connectivity index is 2.96. The highest BCUT2D eigenvalue weighted by atomic mass is 16.2. The monoisotopic (exact) mass is 168 g/mol. The van der Waals surface area contributed by atoms with Crippen molar-refractivity contribution in [3.63, 3.8) is 0 Å². The molecule has 1 amide bonds. The fourth-order valence-corrected chi connectivity index (χ4v) is 1.02. The van der Waals surface area contributed by atoms with E-state index >= 15 is 0 Å². The molecule has 0 saturated heterocycles. The van der Waals surface area contributed by atoms with Crippen LogP contribution >= 0.6 is 0 Å². The van der Waals surface area contributed by atoms with Crippen molar-refractivity contribution in [2.45, 2.75) is 13.3 Å². The summed E-state index contributed by atoms with van der Waals surface area (Å²) in [6.07, 6.45) is 0.849. The highest BCUT2D eigenvalue weighted by Gasteiger charge is 2.09. The van der Waals surface area contributed by atoms with Crippen molar-refractivity contribution in [3.8, 4) is 0 Å². The zero-order valence-corrected chi connectivity index (χ0v) is 7.16. The van der Waals surface area contributed by atoms with Crippen LogP contribution in [0.25, 0.3) is 0 Å². The maximum atomic E-state index is 11.0. The van der Waals surface area contributed by atoms with Crippen LogP contribution in [0.1, 0.15) is 23.1 Å². The predicted octanol–water partition coefficient (Wildman–Crippen LogP) is -0.414. The van der Waals surface area contributed by atoms with Crippen LogP contribution in [-0.2, 0) is 13.5 Å². The summed E-state index contributed by atoms with van der Waals surface area (Å²) in [7, 11) is 1.80. The lowest BCUT2D eigenvalue weighted by atomic mass is 10.3. The van der Waals surface area contributed by atoms with E-state index in [9.17, 15) is 4.79 Å². The Morgan fingerprint density at radius 1 is 1.83 bits per heavy atom. The van der Waals surface area contributed by atoms with Crippen molar-refractivity contribution in [2.75, 3.05) is 0 Å². The summed E-state index contributed by atoms with van der Waals surface area (Å²) in [6, 6.07) is 1.72. The molecule has 1 heterocycles. The van der Waals surface area contributed by atoms with Gasteiger partial charge in [-0.2, -0.15) is 5.10 Å².